The van der Waals surface area contributed by atoms with Crippen LogP contribution in [0, 0.1) is 0 Å². The molecule has 4 rings (SSSR count). The Labute approximate surface area is 197 Å². The molecule has 33 heavy (non-hydrogen) atoms. The molecule has 4 atom stereocenters. The Kier molecular flexibility index (Phi) is 8.97. The van der Waals surface area contributed by atoms with Crippen LogP contribution in [0.4, 0.5) is 0 Å². The predicted molar refractivity (Wildman–Crippen MR) is 127 cm³/mol. The van der Waals surface area contributed by atoms with Crippen molar-refractivity contribution in [2.45, 2.75) is 70.0 Å². The second-order valence-corrected chi connectivity index (χ2v) is 9.47. The predicted octanol–water partition coefficient (Wildman–Crippen LogP) is 1.94. The molecular weight excluding hydrogens is 420 g/mol. The number of amides is 1. The molecule has 184 valence electrons. The van der Waals surface area contributed by atoms with Gasteiger partial charge in [0.05, 0.1) is 31.9 Å². The van der Waals surface area contributed by atoms with E-state index >= 15 is 0 Å². The van der Waals surface area contributed by atoms with E-state index in [0.29, 0.717) is 25.7 Å². The lowest BCUT2D eigenvalue weighted by Crippen LogP contribution is -2.69. The summed E-state index contributed by atoms with van der Waals surface area (Å²) in [6.07, 6.45) is 6.28. The molecule has 8 heteroatoms. The first kappa shape index (κ1) is 24.4. The lowest BCUT2D eigenvalue weighted by molar-refractivity contribution is -0.133. The highest BCUT2D eigenvalue weighted by Gasteiger charge is 2.37. The van der Waals surface area contributed by atoms with Crippen LogP contribution in [-0.2, 0) is 20.7 Å². The Morgan fingerprint density at radius 1 is 1.18 bits per heavy atom. The summed E-state index contributed by atoms with van der Waals surface area (Å²) in [5, 5.41) is 6.99. The molecule has 0 spiro atoms. The molecule has 3 fully saturated rings. The first-order chi connectivity index (χ1) is 16.1. The minimum Gasteiger partial charge on any atom is -0.491 e. The van der Waals surface area contributed by atoms with Crippen molar-refractivity contribution in [1.29, 1.82) is 0 Å². The minimum atomic E-state index is -0.140. The number of ether oxygens (including phenoxy) is 3. The van der Waals surface area contributed by atoms with Crippen LogP contribution in [0.25, 0.3) is 0 Å². The van der Waals surface area contributed by atoms with Gasteiger partial charge >= 0.3 is 0 Å². The molecule has 3 aliphatic heterocycles. The van der Waals surface area contributed by atoms with Crippen LogP contribution < -0.4 is 15.4 Å². The third kappa shape index (κ3) is 6.90. The number of carbonyl (C=O) groups excluding carboxylic acids is 1. The number of likely N-dealkylation sites (tertiary alicyclic amines) is 1. The number of hydrogen-bond donors (Lipinski definition) is 2. The molecular formula is C25H40N4O4. The van der Waals surface area contributed by atoms with Gasteiger partial charge in [0.15, 0.2) is 0 Å². The summed E-state index contributed by atoms with van der Waals surface area (Å²) < 4.78 is 16.6. The lowest BCUT2D eigenvalue weighted by atomic mass is 10.0. The second-order valence-electron chi connectivity index (χ2n) is 9.47. The fourth-order valence-electron chi connectivity index (χ4n) is 5.25. The van der Waals surface area contributed by atoms with E-state index in [0.717, 1.165) is 51.3 Å². The molecule has 0 bridgehead atoms. The first-order valence-electron chi connectivity index (χ1n) is 12.5. The average Bonchev–Trinajstić information content (AvgIpc) is 3.05. The van der Waals surface area contributed by atoms with Gasteiger partial charge in [-0.15, -0.1) is 0 Å². The SMILES string of the molecule is COCCOc1cccc(C[C@H]2CCCCCN2C2NC(=O)CC(N3CCO[C@H](C)C3)N2)c1. The van der Waals surface area contributed by atoms with Crippen LogP contribution in [0.15, 0.2) is 24.3 Å². The average molecular weight is 461 g/mol. The second kappa shape index (κ2) is 12.1. The number of rotatable bonds is 8. The summed E-state index contributed by atoms with van der Waals surface area (Å²) in [4.78, 5) is 17.6. The molecule has 2 unspecified atom stereocenters. The molecule has 3 aliphatic rings. The first-order valence-corrected chi connectivity index (χ1v) is 12.5. The zero-order chi connectivity index (χ0) is 23.0. The van der Waals surface area contributed by atoms with Gasteiger partial charge in [-0.3, -0.25) is 19.9 Å². The maximum absolute atomic E-state index is 12.7. The number of methoxy groups -OCH3 is 1. The molecule has 2 N–H and O–H groups in total. The molecule has 0 aromatic heterocycles. The quantitative estimate of drug-likeness (QED) is 0.574. The van der Waals surface area contributed by atoms with Gasteiger partial charge in [0.1, 0.15) is 18.6 Å². The maximum atomic E-state index is 12.7. The van der Waals surface area contributed by atoms with E-state index < -0.39 is 0 Å². The molecule has 1 aromatic rings. The van der Waals surface area contributed by atoms with E-state index in [-0.39, 0.29) is 24.5 Å². The van der Waals surface area contributed by atoms with Crippen molar-refractivity contribution in [1.82, 2.24) is 20.4 Å². The van der Waals surface area contributed by atoms with Gasteiger partial charge in [0, 0.05) is 32.8 Å². The normalized spacial score (nSPS) is 29.9. The van der Waals surface area contributed by atoms with Crippen LogP contribution in [0.2, 0.25) is 0 Å². The summed E-state index contributed by atoms with van der Waals surface area (Å²) in [5.41, 5.74) is 1.27. The summed E-state index contributed by atoms with van der Waals surface area (Å²) in [6.45, 7) is 6.66. The minimum absolute atomic E-state index is 0.0523. The van der Waals surface area contributed by atoms with Crippen molar-refractivity contribution in [3.8, 4) is 5.75 Å². The topological polar surface area (TPSA) is 75.3 Å². The molecule has 3 heterocycles. The number of morpholine rings is 1. The van der Waals surface area contributed by atoms with E-state index in [4.69, 9.17) is 14.2 Å². The van der Waals surface area contributed by atoms with Crippen LogP contribution >= 0.6 is 0 Å². The number of carbonyl (C=O) groups is 1. The van der Waals surface area contributed by atoms with Crippen molar-refractivity contribution in [3.05, 3.63) is 29.8 Å². The highest BCUT2D eigenvalue weighted by atomic mass is 16.5. The van der Waals surface area contributed by atoms with Crippen molar-refractivity contribution in [3.63, 3.8) is 0 Å². The fourth-order valence-corrected chi connectivity index (χ4v) is 5.25. The standard InChI is InChI=1S/C25H40N4O4/c1-19-18-28(11-12-32-19)23-17-24(30)27-25(26-23)29-10-5-3-4-8-21(29)15-20-7-6-9-22(16-20)33-14-13-31-2/h6-7,9,16,19,21,23,25-26H,3-5,8,10-15,17-18H2,1-2H3,(H,27,30)/t19-,21-,23?,25?/m1/s1. The Morgan fingerprint density at radius 3 is 2.94 bits per heavy atom. The lowest BCUT2D eigenvalue weighted by Gasteiger charge is -2.46. The summed E-state index contributed by atoms with van der Waals surface area (Å²) in [5.74, 6) is 1.01. The molecule has 0 saturated carbocycles. The zero-order valence-corrected chi connectivity index (χ0v) is 20.1. The Balaban J connectivity index is 1.44. The maximum Gasteiger partial charge on any atom is 0.225 e. The van der Waals surface area contributed by atoms with Gasteiger partial charge in [-0.25, -0.2) is 0 Å². The van der Waals surface area contributed by atoms with Gasteiger partial charge in [-0.1, -0.05) is 25.0 Å². The molecule has 1 amide bonds. The van der Waals surface area contributed by atoms with E-state index in [2.05, 4.69) is 45.6 Å². The van der Waals surface area contributed by atoms with Gasteiger partial charge in [-0.2, -0.15) is 0 Å². The van der Waals surface area contributed by atoms with Crippen LogP contribution in [0.1, 0.15) is 44.6 Å². The van der Waals surface area contributed by atoms with Crippen molar-refractivity contribution in [2.75, 3.05) is 46.6 Å². The van der Waals surface area contributed by atoms with Crippen molar-refractivity contribution < 1.29 is 19.0 Å². The number of hydrogen-bond acceptors (Lipinski definition) is 7. The largest absolute Gasteiger partial charge is 0.491 e. The molecule has 0 radical (unpaired) electrons. The third-order valence-corrected chi connectivity index (χ3v) is 6.92. The van der Waals surface area contributed by atoms with Gasteiger partial charge in [0.25, 0.3) is 0 Å². The number of nitrogens with one attached hydrogen (secondary N) is 2. The van der Waals surface area contributed by atoms with E-state index in [1.165, 1.54) is 18.4 Å². The fraction of sp³-hybridized carbons (Fsp3) is 0.720. The third-order valence-electron chi connectivity index (χ3n) is 6.92. The Morgan fingerprint density at radius 2 is 2.09 bits per heavy atom. The van der Waals surface area contributed by atoms with E-state index in [9.17, 15) is 4.79 Å². The zero-order valence-electron chi connectivity index (χ0n) is 20.1. The molecule has 0 aliphatic carbocycles. The smallest absolute Gasteiger partial charge is 0.225 e. The van der Waals surface area contributed by atoms with Crippen LogP contribution in [-0.4, -0.2) is 86.9 Å². The van der Waals surface area contributed by atoms with Crippen LogP contribution in [0.5, 0.6) is 5.75 Å². The van der Waals surface area contributed by atoms with Gasteiger partial charge < -0.3 is 19.5 Å². The Hall–Kier alpha value is -1.71. The summed E-state index contributed by atoms with van der Waals surface area (Å²) >= 11 is 0. The van der Waals surface area contributed by atoms with Gasteiger partial charge in [0.2, 0.25) is 5.91 Å². The highest BCUT2D eigenvalue weighted by molar-refractivity contribution is 5.77. The van der Waals surface area contributed by atoms with E-state index in [1.807, 2.05) is 6.07 Å². The number of nitrogens with zero attached hydrogens (tertiary/aromatic N) is 2. The summed E-state index contributed by atoms with van der Waals surface area (Å²) in [7, 11) is 1.68. The monoisotopic (exact) mass is 460 g/mol. The highest BCUT2D eigenvalue weighted by Crippen LogP contribution is 2.25. The van der Waals surface area contributed by atoms with Crippen molar-refractivity contribution in [2.24, 2.45) is 0 Å². The van der Waals surface area contributed by atoms with E-state index in [1.54, 1.807) is 7.11 Å². The molecule has 1 aromatic carbocycles. The number of benzene rings is 1. The van der Waals surface area contributed by atoms with Gasteiger partial charge in [-0.05, 0) is 43.9 Å². The summed E-state index contributed by atoms with van der Waals surface area (Å²) in [6, 6.07) is 8.75. The molecule has 8 nitrogen and oxygen atoms in total. The van der Waals surface area contributed by atoms with Crippen LogP contribution in [0.3, 0.4) is 0 Å². The van der Waals surface area contributed by atoms with Crippen molar-refractivity contribution >= 4 is 5.91 Å². The Bertz CT molecular complexity index is 764. The molecule has 3 saturated heterocycles.